The average molecular weight is 390 g/mol. The zero-order valence-corrected chi connectivity index (χ0v) is 15.5. The molecule has 0 saturated carbocycles. The fraction of sp³-hybridized carbons (Fsp3) is 0.455. The predicted octanol–water partition coefficient (Wildman–Crippen LogP) is 3.23. The highest BCUT2D eigenvalue weighted by Crippen LogP contribution is 2.50. The molecule has 0 unspecified atom stereocenters. The standard InChI is InChI=1S/C22H24F2O4/c23-22(24)12-16-5-1-2-7-20(16)21(22,26)9-8-15-4-3-6-18(10-15)28-14-19-11-17(25)13-27-19/h1-7,10,17,19,25-26H,8-9,11-14H2/t17-,19+,21-/m1/s1. The summed E-state index contributed by atoms with van der Waals surface area (Å²) in [6.07, 6.45) is -0.254. The van der Waals surface area contributed by atoms with E-state index in [-0.39, 0.29) is 12.5 Å². The lowest BCUT2D eigenvalue weighted by Gasteiger charge is -2.30. The van der Waals surface area contributed by atoms with Crippen LogP contribution in [0.5, 0.6) is 5.75 Å². The minimum Gasteiger partial charge on any atom is -0.491 e. The van der Waals surface area contributed by atoms with Crippen molar-refractivity contribution in [2.45, 2.75) is 49.4 Å². The van der Waals surface area contributed by atoms with Gasteiger partial charge in [0.25, 0.3) is 5.92 Å². The Morgan fingerprint density at radius 2 is 1.96 bits per heavy atom. The van der Waals surface area contributed by atoms with E-state index in [0.29, 0.717) is 42.9 Å². The molecule has 150 valence electrons. The molecule has 0 spiro atoms. The van der Waals surface area contributed by atoms with E-state index < -0.39 is 24.0 Å². The van der Waals surface area contributed by atoms with Crippen LogP contribution in [0.4, 0.5) is 8.78 Å². The van der Waals surface area contributed by atoms with Crippen molar-refractivity contribution in [2.24, 2.45) is 0 Å². The molecular weight excluding hydrogens is 366 g/mol. The molecule has 6 heteroatoms. The first-order chi connectivity index (χ1) is 13.4. The van der Waals surface area contributed by atoms with Gasteiger partial charge in [-0.1, -0.05) is 36.4 Å². The molecule has 0 amide bonds. The third-order valence-electron chi connectivity index (χ3n) is 5.65. The summed E-state index contributed by atoms with van der Waals surface area (Å²) in [7, 11) is 0. The number of aliphatic hydroxyl groups is 2. The highest BCUT2D eigenvalue weighted by Gasteiger charge is 2.58. The Kier molecular flexibility index (Phi) is 5.12. The number of halogens is 2. The maximum Gasteiger partial charge on any atom is 0.284 e. The molecule has 1 aliphatic heterocycles. The second kappa shape index (κ2) is 7.43. The fourth-order valence-electron chi connectivity index (χ4n) is 4.09. The molecule has 28 heavy (non-hydrogen) atoms. The van der Waals surface area contributed by atoms with Gasteiger partial charge in [-0.05, 0) is 41.7 Å². The molecule has 0 bridgehead atoms. The lowest BCUT2D eigenvalue weighted by Crippen LogP contribution is -2.42. The van der Waals surface area contributed by atoms with Crippen LogP contribution in [0.25, 0.3) is 0 Å². The van der Waals surface area contributed by atoms with Crippen molar-refractivity contribution < 1.29 is 28.5 Å². The number of ether oxygens (including phenoxy) is 2. The number of aryl methyl sites for hydroxylation is 1. The Morgan fingerprint density at radius 1 is 1.14 bits per heavy atom. The lowest BCUT2D eigenvalue weighted by atomic mass is 9.87. The molecule has 4 nitrogen and oxygen atoms in total. The van der Waals surface area contributed by atoms with E-state index in [2.05, 4.69) is 0 Å². The molecule has 1 aliphatic carbocycles. The molecule has 3 atom stereocenters. The van der Waals surface area contributed by atoms with Crippen LogP contribution in [0.3, 0.4) is 0 Å². The molecule has 0 radical (unpaired) electrons. The summed E-state index contributed by atoms with van der Waals surface area (Å²) in [5, 5.41) is 20.3. The SMILES string of the molecule is O[C@H]1CO[C@H](COc2cccc(CC[C@@]3(O)c4ccccc4CC3(F)F)c2)C1. The number of hydrogen-bond donors (Lipinski definition) is 2. The molecule has 1 saturated heterocycles. The summed E-state index contributed by atoms with van der Waals surface area (Å²) in [6, 6.07) is 13.9. The van der Waals surface area contributed by atoms with Crippen molar-refractivity contribution in [3.63, 3.8) is 0 Å². The molecule has 0 aromatic heterocycles. The first-order valence-electron chi connectivity index (χ1n) is 9.57. The molecule has 1 heterocycles. The fourth-order valence-corrected chi connectivity index (χ4v) is 4.09. The van der Waals surface area contributed by atoms with E-state index >= 15 is 0 Å². The number of alkyl halides is 2. The number of aliphatic hydroxyl groups excluding tert-OH is 1. The second-order valence-electron chi connectivity index (χ2n) is 7.70. The number of benzene rings is 2. The van der Waals surface area contributed by atoms with Gasteiger partial charge in [-0.2, -0.15) is 0 Å². The van der Waals surface area contributed by atoms with Crippen LogP contribution >= 0.6 is 0 Å². The van der Waals surface area contributed by atoms with Crippen LogP contribution < -0.4 is 4.74 Å². The number of fused-ring (bicyclic) bond motifs is 1. The maximum absolute atomic E-state index is 14.6. The highest BCUT2D eigenvalue weighted by atomic mass is 19.3. The third-order valence-corrected chi connectivity index (χ3v) is 5.65. The zero-order valence-electron chi connectivity index (χ0n) is 15.5. The van der Waals surface area contributed by atoms with Gasteiger partial charge < -0.3 is 19.7 Å². The van der Waals surface area contributed by atoms with Crippen molar-refractivity contribution in [1.29, 1.82) is 0 Å². The first-order valence-corrected chi connectivity index (χ1v) is 9.57. The van der Waals surface area contributed by atoms with E-state index in [9.17, 15) is 19.0 Å². The van der Waals surface area contributed by atoms with E-state index in [4.69, 9.17) is 9.47 Å². The second-order valence-corrected chi connectivity index (χ2v) is 7.70. The zero-order chi connectivity index (χ0) is 19.8. The Hall–Kier alpha value is -2.02. The van der Waals surface area contributed by atoms with Crippen LogP contribution in [0.2, 0.25) is 0 Å². The van der Waals surface area contributed by atoms with Crippen LogP contribution in [-0.4, -0.2) is 41.6 Å². The monoisotopic (exact) mass is 390 g/mol. The number of rotatable bonds is 6. The largest absolute Gasteiger partial charge is 0.491 e. The van der Waals surface area contributed by atoms with Gasteiger partial charge in [-0.3, -0.25) is 0 Å². The Labute approximate surface area is 162 Å². The summed E-state index contributed by atoms with van der Waals surface area (Å²) in [6.45, 7) is 0.651. The van der Waals surface area contributed by atoms with Crippen molar-refractivity contribution >= 4 is 0 Å². The maximum atomic E-state index is 14.6. The Morgan fingerprint density at radius 3 is 2.75 bits per heavy atom. The van der Waals surface area contributed by atoms with Gasteiger partial charge in [0.1, 0.15) is 12.4 Å². The van der Waals surface area contributed by atoms with Gasteiger partial charge >= 0.3 is 0 Å². The van der Waals surface area contributed by atoms with Crippen molar-refractivity contribution in [2.75, 3.05) is 13.2 Å². The number of hydrogen-bond acceptors (Lipinski definition) is 4. The van der Waals surface area contributed by atoms with Gasteiger partial charge in [-0.25, -0.2) is 8.78 Å². The quantitative estimate of drug-likeness (QED) is 0.795. The summed E-state index contributed by atoms with van der Waals surface area (Å²) >= 11 is 0. The van der Waals surface area contributed by atoms with Gasteiger partial charge in [0.15, 0.2) is 5.60 Å². The van der Waals surface area contributed by atoms with Crippen LogP contribution in [0.15, 0.2) is 48.5 Å². The average Bonchev–Trinajstić information content (AvgIpc) is 3.18. The Balaban J connectivity index is 1.42. The van der Waals surface area contributed by atoms with Crippen molar-refractivity contribution in [3.05, 3.63) is 65.2 Å². The van der Waals surface area contributed by atoms with E-state index in [1.165, 1.54) is 0 Å². The van der Waals surface area contributed by atoms with Gasteiger partial charge in [0.2, 0.25) is 0 Å². The van der Waals surface area contributed by atoms with Crippen LogP contribution in [-0.2, 0) is 23.2 Å². The lowest BCUT2D eigenvalue weighted by molar-refractivity contribution is -0.178. The minimum atomic E-state index is -3.19. The molecule has 2 aromatic rings. The van der Waals surface area contributed by atoms with Gasteiger partial charge in [-0.15, -0.1) is 0 Å². The molecule has 2 N–H and O–H groups in total. The molecular formula is C22H24F2O4. The molecule has 2 aromatic carbocycles. The van der Waals surface area contributed by atoms with Crippen molar-refractivity contribution in [1.82, 2.24) is 0 Å². The summed E-state index contributed by atoms with van der Waals surface area (Å²) in [5.74, 6) is -2.57. The van der Waals surface area contributed by atoms with E-state index in [0.717, 1.165) is 5.56 Å². The third kappa shape index (κ3) is 3.64. The summed E-state index contributed by atoms with van der Waals surface area (Å²) in [5.41, 5.74) is -0.512. The van der Waals surface area contributed by atoms with E-state index in [1.807, 2.05) is 6.07 Å². The normalized spacial score (nSPS) is 28.3. The molecule has 2 aliphatic rings. The van der Waals surface area contributed by atoms with Gasteiger partial charge in [0, 0.05) is 12.8 Å². The highest BCUT2D eigenvalue weighted by molar-refractivity contribution is 5.41. The van der Waals surface area contributed by atoms with E-state index in [1.54, 1.807) is 42.5 Å². The van der Waals surface area contributed by atoms with Crippen molar-refractivity contribution in [3.8, 4) is 5.75 Å². The molecule has 4 rings (SSSR count). The smallest absolute Gasteiger partial charge is 0.284 e. The first kappa shape index (κ1) is 19.3. The topological polar surface area (TPSA) is 58.9 Å². The Bertz CT molecular complexity index is 841. The minimum absolute atomic E-state index is 0.0710. The summed E-state index contributed by atoms with van der Waals surface area (Å²) in [4.78, 5) is 0. The predicted molar refractivity (Wildman–Crippen MR) is 99.6 cm³/mol. The van der Waals surface area contributed by atoms with Crippen LogP contribution in [0, 0.1) is 0 Å². The van der Waals surface area contributed by atoms with Crippen LogP contribution in [0.1, 0.15) is 29.5 Å². The molecule has 1 fully saturated rings. The summed E-state index contributed by atoms with van der Waals surface area (Å²) < 4.78 is 40.3. The van der Waals surface area contributed by atoms with Gasteiger partial charge in [0.05, 0.1) is 18.8 Å².